The first kappa shape index (κ1) is 18.0. The number of carbonyl (C=O) groups excluding carboxylic acids is 1. The first-order valence-electron chi connectivity index (χ1n) is 8.26. The summed E-state index contributed by atoms with van der Waals surface area (Å²) >= 11 is 0. The molecule has 0 radical (unpaired) electrons. The van der Waals surface area contributed by atoms with Crippen LogP contribution in [0.4, 0.5) is 10.5 Å². The number of hydrogen-bond donors (Lipinski definition) is 3. The highest BCUT2D eigenvalue weighted by molar-refractivity contribution is 5.88. The van der Waals surface area contributed by atoms with Crippen molar-refractivity contribution in [1.82, 2.24) is 5.48 Å². The number of benzene rings is 1. The molecule has 1 unspecified atom stereocenters. The SMILES string of the molecule is COC1(C)CC(C)=C2CC=C(Oc3ccc(NC(=O)NO)cc3)C=C2O1. The monoisotopic (exact) mass is 358 g/mol. The number of urea groups is 1. The lowest BCUT2D eigenvalue weighted by Crippen LogP contribution is -2.35. The minimum Gasteiger partial charge on any atom is -0.462 e. The van der Waals surface area contributed by atoms with Crippen LogP contribution >= 0.6 is 0 Å². The molecule has 1 atom stereocenters. The summed E-state index contributed by atoms with van der Waals surface area (Å²) in [5.74, 6) is 1.42. The Morgan fingerprint density at radius 2 is 2.04 bits per heavy atom. The van der Waals surface area contributed by atoms with Crippen molar-refractivity contribution in [1.29, 1.82) is 0 Å². The van der Waals surface area contributed by atoms with Crippen molar-refractivity contribution in [2.45, 2.75) is 32.5 Å². The van der Waals surface area contributed by atoms with Crippen LogP contribution in [0.25, 0.3) is 0 Å². The van der Waals surface area contributed by atoms with E-state index in [-0.39, 0.29) is 0 Å². The zero-order valence-corrected chi connectivity index (χ0v) is 15.0. The van der Waals surface area contributed by atoms with Gasteiger partial charge in [0.15, 0.2) is 0 Å². The molecule has 0 spiro atoms. The van der Waals surface area contributed by atoms with E-state index in [2.05, 4.69) is 12.2 Å². The summed E-state index contributed by atoms with van der Waals surface area (Å²) in [7, 11) is 1.64. The minimum atomic E-state index is -0.705. The minimum absolute atomic E-state index is 0.534. The van der Waals surface area contributed by atoms with E-state index in [1.54, 1.807) is 31.4 Å². The second-order valence-corrected chi connectivity index (χ2v) is 6.39. The molecule has 1 aliphatic carbocycles. The largest absolute Gasteiger partial charge is 0.462 e. The summed E-state index contributed by atoms with van der Waals surface area (Å²) in [6.45, 7) is 4.01. The molecule has 1 aromatic rings. The molecule has 0 saturated carbocycles. The lowest BCUT2D eigenvalue weighted by Gasteiger charge is -2.37. The van der Waals surface area contributed by atoms with Gasteiger partial charge in [-0.2, -0.15) is 0 Å². The van der Waals surface area contributed by atoms with Crippen molar-refractivity contribution >= 4 is 11.7 Å². The molecule has 26 heavy (non-hydrogen) atoms. The molecule has 1 heterocycles. The molecular weight excluding hydrogens is 336 g/mol. The summed E-state index contributed by atoms with van der Waals surface area (Å²) < 4.78 is 17.4. The Labute approximate surface area is 151 Å². The maximum Gasteiger partial charge on any atom is 0.342 e. The van der Waals surface area contributed by atoms with E-state index in [1.165, 1.54) is 16.6 Å². The van der Waals surface area contributed by atoms with Crippen molar-refractivity contribution in [3.05, 3.63) is 59.1 Å². The van der Waals surface area contributed by atoms with Gasteiger partial charge in [0.25, 0.3) is 0 Å². The van der Waals surface area contributed by atoms with Crippen LogP contribution in [0, 0.1) is 0 Å². The van der Waals surface area contributed by atoms with E-state index in [9.17, 15) is 4.79 Å². The average Bonchev–Trinajstić information content (AvgIpc) is 2.63. The fourth-order valence-electron chi connectivity index (χ4n) is 3.00. The van der Waals surface area contributed by atoms with Gasteiger partial charge in [0.05, 0.1) is 0 Å². The van der Waals surface area contributed by atoms with Crippen LogP contribution in [0.1, 0.15) is 26.7 Å². The molecule has 3 N–H and O–H groups in total. The third kappa shape index (κ3) is 3.89. The van der Waals surface area contributed by atoms with Crippen LogP contribution in [0.3, 0.4) is 0 Å². The summed E-state index contributed by atoms with van der Waals surface area (Å²) in [4.78, 5) is 11.1. The van der Waals surface area contributed by atoms with E-state index in [1.807, 2.05) is 19.1 Å². The Morgan fingerprint density at radius 1 is 1.31 bits per heavy atom. The third-order valence-electron chi connectivity index (χ3n) is 4.39. The van der Waals surface area contributed by atoms with E-state index < -0.39 is 11.8 Å². The topological polar surface area (TPSA) is 89.1 Å². The number of hydrogen-bond acceptors (Lipinski definition) is 5. The van der Waals surface area contributed by atoms with Crippen molar-refractivity contribution in [2.75, 3.05) is 12.4 Å². The van der Waals surface area contributed by atoms with E-state index in [0.29, 0.717) is 17.2 Å². The quantitative estimate of drug-likeness (QED) is 0.562. The van der Waals surface area contributed by atoms with E-state index in [4.69, 9.17) is 19.4 Å². The normalized spacial score (nSPS) is 21.8. The molecule has 0 saturated heterocycles. The molecule has 138 valence electrons. The number of ether oxygens (including phenoxy) is 3. The fraction of sp³-hybridized carbons (Fsp3) is 0.316. The van der Waals surface area contributed by atoms with Gasteiger partial charge < -0.3 is 19.5 Å². The molecule has 3 rings (SSSR count). The van der Waals surface area contributed by atoms with Gasteiger partial charge in [0.2, 0.25) is 5.79 Å². The number of amides is 2. The standard InChI is InChI=1S/C19H22N2O5/c1-12-11-19(2,24-3)26-17-10-15(8-9-16(12)17)25-14-6-4-13(5-7-14)20-18(22)21-23/h4-8,10,23H,9,11H2,1-3H3,(H2,20,21,22). The molecular formula is C19H22N2O5. The van der Waals surface area contributed by atoms with Gasteiger partial charge in [-0.3, -0.25) is 5.21 Å². The first-order chi connectivity index (χ1) is 12.4. The fourth-order valence-corrected chi connectivity index (χ4v) is 3.00. The first-order valence-corrected chi connectivity index (χ1v) is 8.26. The maximum absolute atomic E-state index is 11.1. The lowest BCUT2D eigenvalue weighted by atomic mass is 9.92. The molecule has 0 aromatic heterocycles. The van der Waals surface area contributed by atoms with Crippen LogP contribution in [-0.2, 0) is 9.47 Å². The summed E-state index contributed by atoms with van der Waals surface area (Å²) in [5, 5.41) is 11.0. The van der Waals surface area contributed by atoms with Crippen LogP contribution < -0.4 is 15.5 Å². The van der Waals surface area contributed by atoms with Gasteiger partial charge in [-0.25, -0.2) is 10.3 Å². The van der Waals surface area contributed by atoms with E-state index in [0.717, 1.165) is 18.6 Å². The second kappa shape index (κ2) is 7.23. The Bertz CT molecular complexity index is 795. The zero-order valence-electron chi connectivity index (χ0n) is 15.0. The molecule has 0 bridgehead atoms. The average molecular weight is 358 g/mol. The number of hydroxylamine groups is 1. The van der Waals surface area contributed by atoms with Crippen LogP contribution in [-0.4, -0.2) is 24.1 Å². The van der Waals surface area contributed by atoms with Crippen LogP contribution in [0.15, 0.2) is 59.1 Å². The molecule has 1 aliphatic heterocycles. The predicted molar refractivity (Wildman–Crippen MR) is 95.6 cm³/mol. The highest BCUT2D eigenvalue weighted by Gasteiger charge is 2.35. The smallest absolute Gasteiger partial charge is 0.342 e. The Hall–Kier alpha value is -2.77. The van der Waals surface area contributed by atoms with E-state index >= 15 is 0 Å². The molecule has 2 aliphatic rings. The van der Waals surface area contributed by atoms with Gasteiger partial charge in [0.1, 0.15) is 17.3 Å². The molecule has 1 aromatic carbocycles. The Morgan fingerprint density at radius 3 is 2.69 bits per heavy atom. The van der Waals surface area contributed by atoms with Gasteiger partial charge in [0, 0.05) is 32.2 Å². The number of nitrogens with one attached hydrogen (secondary N) is 2. The van der Waals surface area contributed by atoms with Gasteiger partial charge in [-0.1, -0.05) is 5.57 Å². The summed E-state index contributed by atoms with van der Waals surface area (Å²) in [6.07, 6.45) is 5.34. The lowest BCUT2D eigenvalue weighted by molar-refractivity contribution is -0.187. The number of rotatable bonds is 4. The number of allylic oxidation sites excluding steroid dienone is 3. The van der Waals surface area contributed by atoms with Crippen molar-refractivity contribution in [3.63, 3.8) is 0 Å². The Balaban J connectivity index is 1.72. The van der Waals surface area contributed by atoms with Crippen molar-refractivity contribution in [3.8, 4) is 5.75 Å². The van der Waals surface area contributed by atoms with Gasteiger partial charge >= 0.3 is 6.03 Å². The molecule has 7 heteroatoms. The predicted octanol–water partition coefficient (Wildman–Crippen LogP) is 3.85. The summed E-state index contributed by atoms with van der Waals surface area (Å²) in [6, 6.07) is 6.10. The van der Waals surface area contributed by atoms with Crippen LogP contribution in [0.5, 0.6) is 5.75 Å². The number of fused-ring (bicyclic) bond motifs is 1. The number of methoxy groups -OCH3 is 1. The number of carbonyl (C=O) groups is 1. The van der Waals surface area contributed by atoms with Gasteiger partial charge in [-0.05, 0) is 49.3 Å². The molecule has 0 fully saturated rings. The molecule has 7 nitrogen and oxygen atoms in total. The van der Waals surface area contributed by atoms with Crippen LogP contribution in [0.2, 0.25) is 0 Å². The molecule has 2 amide bonds. The highest BCUT2D eigenvalue weighted by Crippen LogP contribution is 2.39. The summed E-state index contributed by atoms with van der Waals surface area (Å²) in [5.41, 5.74) is 4.46. The van der Waals surface area contributed by atoms with Gasteiger partial charge in [-0.15, -0.1) is 0 Å². The number of anilines is 1. The maximum atomic E-state index is 11.1. The Kier molecular flexibility index (Phi) is 5.01. The zero-order chi connectivity index (χ0) is 18.7. The highest BCUT2D eigenvalue weighted by atomic mass is 16.7. The second-order valence-electron chi connectivity index (χ2n) is 6.39. The third-order valence-corrected chi connectivity index (χ3v) is 4.39. The van der Waals surface area contributed by atoms with Crippen molar-refractivity contribution < 1.29 is 24.2 Å². The van der Waals surface area contributed by atoms with Crippen molar-refractivity contribution in [2.24, 2.45) is 0 Å².